The standard InChI is InChI=1S/C25H29N7O4S2/c1-37(33,34)28-14-9-21-29-22-23(32(21)18-10-16-31(17-11-18)15-5-12-26)20-8-13-27-24(20)30-25(22)38(35,36)19-6-3-2-4-7-19/h2-4,6-8,13,18,28H,5,9-11,14-17H2,1H3,(H,27,30). The van der Waals surface area contributed by atoms with E-state index < -0.39 is 19.9 Å². The van der Waals surface area contributed by atoms with Gasteiger partial charge in [0.05, 0.1) is 22.7 Å². The van der Waals surface area contributed by atoms with E-state index in [1.165, 1.54) is 12.1 Å². The third kappa shape index (κ3) is 5.17. The topological polar surface area (TPSA) is 154 Å². The number of rotatable bonds is 9. The van der Waals surface area contributed by atoms with E-state index in [9.17, 15) is 16.8 Å². The molecule has 38 heavy (non-hydrogen) atoms. The average Bonchev–Trinajstić information content (AvgIpc) is 3.51. The summed E-state index contributed by atoms with van der Waals surface area (Å²) in [6.07, 6.45) is 5.16. The number of hydrogen-bond acceptors (Lipinski definition) is 8. The first-order valence-electron chi connectivity index (χ1n) is 12.4. The van der Waals surface area contributed by atoms with E-state index >= 15 is 0 Å². The second-order valence-electron chi connectivity index (χ2n) is 9.47. The molecule has 5 rings (SSSR count). The number of sulfonamides is 1. The van der Waals surface area contributed by atoms with Gasteiger partial charge in [0.25, 0.3) is 0 Å². The second kappa shape index (κ2) is 10.5. The summed E-state index contributed by atoms with van der Waals surface area (Å²) >= 11 is 0. The van der Waals surface area contributed by atoms with Crippen LogP contribution in [0, 0.1) is 11.3 Å². The molecule has 1 fully saturated rings. The normalized spacial score (nSPS) is 15.8. The lowest BCUT2D eigenvalue weighted by Gasteiger charge is -2.33. The van der Waals surface area contributed by atoms with Crippen LogP contribution in [-0.2, 0) is 26.3 Å². The number of nitrogens with one attached hydrogen (secondary N) is 2. The van der Waals surface area contributed by atoms with E-state index in [1.54, 1.807) is 24.4 Å². The fourth-order valence-corrected chi connectivity index (χ4v) is 6.93. The molecule has 3 aromatic heterocycles. The summed E-state index contributed by atoms with van der Waals surface area (Å²) < 4.78 is 55.6. The lowest BCUT2D eigenvalue weighted by molar-refractivity contribution is 0.190. The smallest absolute Gasteiger partial charge is 0.226 e. The molecule has 4 heterocycles. The van der Waals surface area contributed by atoms with Crippen LogP contribution in [0.1, 0.15) is 31.1 Å². The van der Waals surface area contributed by atoms with Gasteiger partial charge in [0.2, 0.25) is 19.9 Å². The van der Waals surface area contributed by atoms with Crippen LogP contribution in [0.15, 0.2) is 52.5 Å². The minimum atomic E-state index is -3.99. The Morgan fingerprint density at radius 3 is 2.53 bits per heavy atom. The van der Waals surface area contributed by atoms with Crippen LogP contribution in [-0.4, -0.2) is 73.7 Å². The Hall–Kier alpha value is -3.31. The summed E-state index contributed by atoms with van der Waals surface area (Å²) in [5, 5.41) is 9.58. The Labute approximate surface area is 221 Å². The van der Waals surface area contributed by atoms with E-state index in [0.29, 0.717) is 30.0 Å². The molecule has 0 atom stereocenters. The number of hydrogen-bond donors (Lipinski definition) is 2. The van der Waals surface area contributed by atoms with Gasteiger partial charge >= 0.3 is 0 Å². The van der Waals surface area contributed by atoms with Gasteiger partial charge in [-0.05, 0) is 31.0 Å². The van der Waals surface area contributed by atoms with Crippen LogP contribution in [0.4, 0.5) is 0 Å². The Bertz CT molecular complexity index is 1710. The van der Waals surface area contributed by atoms with Crippen molar-refractivity contribution in [3.63, 3.8) is 0 Å². The fraction of sp³-hybridized carbons (Fsp3) is 0.400. The largest absolute Gasteiger partial charge is 0.346 e. The third-order valence-corrected chi connectivity index (χ3v) is 9.28. The highest BCUT2D eigenvalue weighted by atomic mass is 32.2. The molecule has 1 aliphatic rings. The van der Waals surface area contributed by atoms with Gasteiger partial charge in [0.1, 0.15) is 17.0 Å². The number of fused-ring (bicyclic) bond motifs is 3. The molecule has 4 aromatic rings. The number of aromatic nitrogens is 4. The molecular weight excluding hydrogens is 526 g/mol. The highest BCUT2D eigenvalue weighted by Gasteiger charge is 2.31. The molecule has 11 nitrogen and oxygen atoms in total. The minimum absolute atomic E-state index is 0.0272. The number of benzene rings is 1. The number of sulfone groups is 1. The number of nitrogens with zero attached hydrogens (tertiary/aromatic N) is 5. The molecule has 0 radical (unpaired) electrons. The molecule has 0 spiro atoms. The zero-order valence-corrected chi connectivity index (χ0v) is 22.6. The van der Waals surface area contributed by atoms with Gasteiger partial charge < -0.3 is 14.5 Å². The number of H-pyrrole nitrogens is 1. The highest BCUT2D eigenvalue weighted by Crippen LogP contribution is 2.36. The van der Waals surface area contributed by atoms with Crippen molar-refractivity contribution < 1.29 is 16.8 Å². The predicted molar refractivity (Wildman–Crippen MR) is 143 cm³/mol. The molecule has 0 amide bonds. The fourth-order valence-electron chi connectivity index (χ4n) is 5.11. The van der Waals surface area contributed by atoms with E-state index in [0.717, 1.165) is 37.6 Å². The first-order valence-corrected chi connectivity index (χ1v) is 15.8. The molecule has 0 saturated carbocycles. The van der Waals surface area contributed by atoms with Crippen LogP contribution >= 0.6 is 0 Å². The van der Waals surface area contributed by atoms with Gasteiger partial charge in [-0.25, -0.2) is 31.5 Å². The molecule has 1 aliphatic heterocycles. The third-order valence-electron chi connectivity index (χ3n) is 6.86. The number of imidazole rings is 1. The number of aromatic amines is 1. The van der Waals surface area contributed by atoms with Crippen LogP contribution in [0.25, 0.3) is 22.1 Å². The van der Waals surface area contributed by atoms with Crippen molar-refractivity contribution in [1.29, 1.82) is 5.26 Å². The number of piperidine rings is 1. The van der Waals surface area contributed by atoms with Crippen LogP contribution < -0.4 is 4.72 Å². The zero-order chi connectivity index (χ0) is 26.9. The maximum Gasteiger partial charge on any atom is 0.226 e. The molecule has 0 bridgehead atoms. The summed E-state index contributed by atoms with van der Waals surface area (Å²) in [6.45, 7) is 2.44. The van der Waals surface area contributed by atoms with Gasteiger partial charge in [-0.15, -0.1) is 0 Å². The van der Waals surface area contributed by atoms with Gasteiger partial charge in [0, 0.05) is 56.6 Å². The van der Waals surface area contributed by atoms with E-state index in [2.05, 4.69) is 30.2 Å². The average molecular weight is 556 g/mol. The number of likely N-dealkylation sites (tertiary alicyclic amines) is 1. The molecule has 0 unspecified atom stereocenters. The van der Waals surface area contributed by atoms with Crippen LogP contribution in [0.3, 0.4) is 0 Å². The van der Waals surface area contributed by atoms with E-state index in [4.69, 9.17) is 10.2 Å². The minimum Gasteiger partial charge on any atom is -0.346 e. The zero-order valence-electron chi connectivity index (χ0n) is 21.0. The predicted octanol–water partition coefficient (Wildman–Crippen LogP) is 2.39. The summed E-state index contributed by atoms with van der Waals surface area (Å²) in [4.78, 5) is 14.8. The van der Waals surface area contributed by atoms with Gasteiger partial charge in [-0.3, -0.25) is 0 Å². The molecule has 2 N–H and O–H groups in total. The summed E-state index contributed by atoms with van der Waals surface area (Å²) in [5.74, 6) is 0.603. The first-order chi connectivity index (χ1) is 18.2. The van der Waals surface area contributed by atoms with Crippen molar-refractivity contribution >= 4 is 41.9 Å². The monoisotopic (exact) mass is 555 g/mol. The van der Waals surface area contributed by atoms with Gasteiger partial charge in [-0.2, -0.15) is 5.26 Å². The van der Waals surface area contributed by atoms with Crippen LogP contribution in [0.2, 0.25) is 0 Å². The van der Waals surface area contributed by atoms with Crippen molar-refractivity contribution in [3.8, 4) is 6.07 Å². The summed E-state index contributed by atoms with van der Waals surface area (Å²) in [5.41, 5.74) is 1.40. The first kappa shape index (κ1) is 26.3. The molecule has 200 valence electrons. The maximum absolute atomic E-state index is 13.7. The van der Waals surface area contributed by atoms with Crippen molar-refractivity contribution in [2.75, 3.05) is 32.4 Å². The summed E-state index contributed by atoms with van der Waals surface area (Å²) in [6, 6.07) is 12.2. The van der Waals surface area contributed by atoms with Crippen molar-refractivity contribution in [1.82, 2.24) is 29.1 Å². The Balaban J connectivity index is 1.67. The van der Waals surface area contributed by atoms with Gasteiger partial charge in [0.15, 0.2) is 5.03 Å². The Kier molecular flexibility index (Phi) is 7.23. The Morgan fingerprint density at radius 2 is 1.84 bits per heavy atom. The SMILES string of the molecule is CS(=O)(=O)NCCc1nc2c(S(=O)(=O)c3ccccc3)nc3[nH]ccc3c2n1C1CCN(CCC#N)CC1. The van der Waals surface area contributed by atoms with Crippen molar-refractivity contribution in [3.05, 3.63) is 48.4 Å². The lowest BCUT2D eigenvalue weighted by Crippen LogP contribution is -2.35. The van der Waals surface area contributed by atoms with Crippen molar-refractivity contribution in [2.24, 2.45) is 0 Å². The molecule has 13 heteroatoms. The molecule has 1 aromatic carbocycles. The molecule has 1 saturated heterocycles. The van der Waals surface area contributed by atoms with E-state index in [1.807, 2.05) is 6.07 Å². The van der Waals surface area contributed by atoms with Crippen LogP contribution in [0.5, 0.6) is 0 Å². The maximum atomic E-state index is 13.7. The number of pyridine rings is 1. The lowest BCUT2D eigenvalue weighted by atomic mass is 10.0. The van der Waals surface area contributed by atoms with Crippen molar-refractivity contribution in [2.45, 2.75) is 41.6 Å². The number of nitriles is 1. The highest BCUT2D eigenvalue weighted by molar-refractivity contribution is 7.91. The summed E-state index contributed by atoms with van der Waals surface area (Å²) in [7, 11) is -7.39. The molecule has 0 aliphatic carbocycles. The Morgan fingerprint density at radius 1 is 1.11 bits per heavy atom. The second-order valence-corrected chi connectivity index (χ2v) is 13.2. The molecular formula is C25H29N7O4S2. The quantitative estimate of drug-likeness (QED) is 0.319. The van der Waals surface area contributed by atoms with E-state index in [-0.39, 0.29) is 34.4 Å². The van der Waals surface area contributed by atoms with Gasteiger partial charge in [-0.1, -0.05) is 18.2 Å².